The molecular weight excluding hydrogens is 366 g/mol. The Labute approximate surface area is 167 Å². The van der Waals surface area contributed by atoms with Crippen LogP contribution >= 0.6 is 0 Å². The highest BCUT2D eigenvalue weighted by molar-refractivity contribution is 6.02. The van der Waals surface area contributed by atoms with E-state index in [1.165, 1.54) is 16.4 Å². The predicted octanol–water partition coefficient (Wildman–Crippen LogP) is 4.37. The summed E-state index contributed by atoms with van der Waals surface area (Å²) in [5.41, 5.74) is 4.35. The van der Waals surface area contributed by atoms with Crippen molar-refractivity contribution in [1.82, 2.24) is 14.8 Å². The van der Waals surface area contributed by atoms with Gasteiger partial charge in [0.25, 0.3) is 5.91 Å². The second-order valence-corrected chi connectivity index (χ2v) is 7.07. The van der Waals surface area contributed by atoms with Crippen LogP contribution in [0.1, 0.15) is 38.6 Å². The van der Waals surface area contributed by atoms with Gasteiger partial charge in [-0.3, -0.25) is 4.79 Å². The molecular formula is C22H19N5O2. The molecule has 29 heavy (non-hydrogen) atoms. The number of rotatable bonds is 3. The van der Waals surface area contributed by atoms with Crippen molar-refractivity contribution >= 4 is 22.6 Å². The number of aryl methyl sites for hydroxylation is 4. The van der Waals surface area contributed by atoms with E-state index < -0.39 is 5.91 Å². The molecule has 0 unspecified atom stereocenters. The Balaban J connectivity index is 1.83. The van der Waals surface area contributed by atoms with Crippen LogP contribution in [0.25, 0.3) is 16.7 Å². The lowest BCUT2D eigenvalue weighted by atomic mass is 10.0. The number of hydrogen-bond donors (Lipinski definition) is 1. The zero-order valence-corrected chi connectivity index (χ0v) is 16.6. The number of carbonyl (C=O) groups excluding carboxylic acids is 1. The summed E-state index contributed by atoms with van der Waals surface area (Å²) in [6.45, 7) is 7.83. The van der Waals surface area contributed by atoms with E-state index in [1.807, 2.05) is 19.9 Å². The van der Waals surface area contributed by atoms with Gasteiger partial charge in [-0.25, -0.2) is 4.98 Å². The molecule has 0 saturated carbocycles. The van der Waals surface area contributed by atoms with Gasteiger partial charge < -0.3 is 9.73 Å². The minimum atomic E-state index is -0.458. The Morgan fingerprint density at radius 3 is 2.62 bits per heavy atom. The van der Waals surface area contributed by atoms with E-state index in [0.717, 1.165) is 22.0 Å². The average Bonchev–Trinajstić information content (AvgIpc) is 3.28. The first kappa shape index (κ1) is 18.4. The van der Waals surface area contributed by atoms with Crippen molar-refractivity contribution in [3.05, 3.63) is 70.3 Å². The van der Waals surface area contributed by atoms with Crippen molar-refractivity contribution in [3.8, 4) is 11.9 Å². The Kier molecular flexibility index (Phi) is 4.40. The number of aromatic nitrogens is 3. The standard InChI is InChI=1S/C22H19N5O2/c1-12-7-14(3)20-17(8-12)13(2)9-19(25-20)27-21(16(10-23)11-24-27)26-22(28)18-6-5-15(4)29-18/h5-9,11H,1-4H3,(H,26,28). The Bertz CT molecular complexity index is 1310. The number of hydrogen-bond acceptors (Lipinski definition) is 5. The van der Waals surface area contributed by atoms with Gasteiger partial charge >= 0.3 is 0 Å². The Morgan fingerprint density at radius 2 is 1.93 bits per heavy atom. The molecule has 0 aliphatic heterocycles. The van der Waals surface area contributed by atoms with Crippen LogP contribution in [0.4, 0.5) is 5.82 Å². The van der Waals surface area contributed by atoms with E-state index in [-0.39, 0.29) is 17.1 Å². The third kappa shape index (κ3) is 3.25. The molecule has 7 nitrogen and oxygen atoms in total. The van der Waals surface area contributed by atoms with Crippen LogP contribution in [0, 0.1) is 39.0 Å². The summed E-state index contributed by atoms with van der Waals surface area (Å²) in [6, 6.07) is 11.4. The maximum absolute atomic E-state index is 12.6. The number of carbonyl (C=O) groups is 1. The summed E-state index contributed by atoms with van der Waals surface area (Å²) in [4.78, 5) is 17.3. The maximum Gasteiger partial charge on any atom is 0.292 e. The molecule has 1 N–H and O–H groups in total. The topological polar surface area (TPSA) is 96.7 Å². The molecule has 3 aromatic heterocycles. The van der Waals surface area contributed by atoms with Crippen molar-refractivity contribution in [2.24, 2.45) is 0 Å². The van der Waals surface area contributed by atoms with Gasteiger partial charge in [0, 0.05) is 5.39 Å². The van der Waals surface area contributed by atoms with Gasteiger partial charge in [0.05, 0.1) is 11.7 Å². The van der Waals surface area contributed by atoms with E-state index in [1.54, 1.807) is 19.1 Å². The molecule has 0 spiro atoms. The van der Waals surface area contributed by atoms with Crippen LogP contribution in [0.2, 0.25) is 0 Å². The minimum absolute atomic E-state index is 0.160. The zero-order valence-electron chi connectivity index (χ0n) is 16.6. The number of anilines is 1. The number of amides is 1. The number of pyridine rings is 1. The smallest absolute Gasteiger partial charge is 0.292 e. The minimum Gasteiger partial charge on any atom is -0.456 e. The summed E-state index contributed by atoms with van der Waals surface area (Å²) in [5, 5.41) is 17.6. The average molecular weight is 385 g/mol. The Hall–Kier alpha value is -3.92. The number of nitriles is 1. The highest BCUT2D eigenvalue weighted by Gasteiger charge is 2.19. The number of fused-ring (bicyclic) bond motifs is 1. The first-order valence-corrected chi connectivity index (χ1v) is 9.12. The summed E-state index contributed by atoms with van der Waals surface area (Å²) >= 11 is 0. The third-order valence-electron chi connectivity index (χ3n) is 4.74. The molecule has 144 valence electrons. The molecule has 1 amide bonds. The molecule has 0 bridgehead atoms. The predicted molar refractivity (Wildman–Crippen MR) is 109 cm³/mol. The van der Waals surface area contributed by atoms with Crippen LogP contribution < -0.4 is 5.32 Å². The van der Waals surface area contributed by atoms with E-state index in [9.17, 15) is 10.1 Å². The normalized spacial score (nSPS) is 10.9. The van der Waals surface area contributed by atoms with Crippen LogP contribution in [0.3, 0.4) is 0 Å². The maximum atomic E-state index is 12.6. The zero-order chi connectivity index (χ0) is 20.7. The van der Waals surface area contributed by atoms with Gasteiger partial charge in [0.1, 0.15) is 17.4 Å². The molecule has 0 saturated heterocycles. The van der Waals surface area contributed by atoms with E-state index in [4.69, 9.17) is 9.40 Å². The fourth-order valence-corrected chi connectivity index (χ4v) is 3.39. The van der Waals surface area contributed by atoms with Gasteiger partial charge in [0.2, 0.25) is 0 Å². The number of furan rings is 1. The SMILES string of the molecule is Cc1cc(C)c2nc(-n3ncc(C#N)c3NC(=O)c3ccc(C)o3)cc(C)c2c1. The van der Waals surface area contributed by atoms with Crippen molar-refractivity contribution in [2.45, 2.75) is 27.7 Å². The van der Waals surface area contributed by atoms with Gasteiger partial charge in [-0.1, -0.05) is 11.6 Å². The van der Waals surface area contributed by atoms with Crippen molar-refractivity contribution < 1.29 is 9.21 Å². The molecule has 0 atom stereocenters. The fourth-order valence-electron chi connectivity index (χ4n) is 3.39. The number of nitrogens with zero attached hydrogens (tertiary/aromatic N) is 4. The molecule has 7 heteroatoms. The Morgan fingerprint density at radius 1 is 1.14 bits per heavy atom. The lowest BCUT2D eigenvalue weighted by Gasteiger charge is -2.12. The molecule has 0 fully saturated rings. The molecule has 4 aromatic rings. The second-order valence-electron chi connectivity index (χ2n) is 7.07. The van der Waals surface area contributed by atoms with Crippen molar-refractivity contribution in [1.29, 1.82) is 5.26 Å². The van der Waals surface area contributed by atoms with Crippen LogP contribution in [0.5, 0.6) is 0 Å². The third-order valence-corrected chi connectivity index (χ3v) is 4.74. The summed E-state index contributed by atoms with van der Waals surface area (Å²) in [5.74, 6) is 1.10. The fraction of sp³-hybridized carbons (Fsp3) is 0.182. The van der Waals surface area contributed by atoms with Gasteiger partial charge in [0.15, 0.2) is 17.4 Å². The van der Waals surface area contributed by atoms with Crippen LogP contribution in [-0.4, -0.2) is 20.7 Å². The first-order chi connectivity index (χ1) is 13.9. The van der Waals surface area contributed by atoms with Gasteiger partial charge in [-0.05, 0) is 63.1 Å². The first-order valence-electron chi connectivity index (χ1n) is 9.12. The highest BCUT2D eigenvalue weighted by Crippen LogP contribution is 2.26. The molecule has 0 radical (unpaired) electrons. The van der Waals surface area contributed by atoms with Crippen LogP contribution in [0.15, 0.2) is 40.9 Å². The largest absolute Gasteiger partial charge is 0.456 e. The number of benzene rings is 1. The van der Waals surface area contributed by atoms with Gasteiger partial charge in [-0.15, -0.1) is 0 Å². The molecule has 4 rings (SSSR count). The van der Waals surface area contributed by atoms with Crippen molar-refractivity contribution in [3.63, 3.8) is 0 Å². The van der Waals surface area contributed by atoms with E-state index in [2.05, 4.69) is 35.5 Å². The summed E-state index contributed by atoms with van der Waals surface area (Å²) < 4.78 is 6.85. The van der Waals surface area contributed by atoms with Crippen molar-refractivity contribution in [2.75, 3.05) is 5.32 Å². The number of nitrogens with one attached hydrogen (secondary N) is 1. The quantitative estimate of drug-likeness (QED) is 0.565. The van der Waals surface area contributed by atoms with E-state index in [0.29, 0.717) is 11.6 Å². The highest BCUT2D eigenvalue weighted by atomic mass is 16.3. The molecule has 1 aromatic carbocycles. The molecule has 3 heterocycles. The van der Waals surface area contributed by atoms with Gasteiger partial charge in [-0.2, -0.15) is 15.0 Å². The van der Waals surface area contributed by atoms with Crippen LogP contribution in [-0.2, 0) is 0 Å². The summed E-state index contributed by atoms with van der Waals surface area (Å²) in [7, 11) is 0. The second kappa shape index (κ2) is 6.91. The molecule has 0 aliphatic carbocycles. The lowest BCUT2D eigenvalue weighted by Crippen LogP contribution is -2.16. The summed E-state index contributed by atoms with van der Waals surface area (Å²) in [6.07, 6.45) is 1.41. The molecule has 0 aliphatic rings. The lowest BCUT2D eigenvalue weighted by molar-refractivity contribution is 0.0994. The monoisotopic (exact) mass is 385 g/mol. The van der Waals surface area contributed by atoms with E-state index >= 15 is 0 Å².